The van der Waals surface area contributed by atoms with Gasteiger partial charge in [-0.15, -0.1) is 0 Å². The molecule has 0 aliphatic carbocycles. The number of hydrogen-bond donors (Lipinski definition) is 0. The second-order valence-corrected chi connectivity index (χ2v) is 11.2. The molecule has 3 aromatic rings. The zero-order valence-corrected chi connectivity index (χ0v) is 19.3. The van der Waals surface area contributed by atoms with Crippen molar-refractivity contribution in [1.82, 2.24) is 4.98 Å². The van der Waals surface area contributed by atoms with E-state index in [4.69, 9.17) is 0 Å². The lowest BCUT2D eigenvalue weighted by Gasteiger charge is -2.30. The third-order valence-corrected chi connectivity index (χ3v) is 8.68. The number of anilines is 2. The van der Waals surface area contributed by atoms with Crippen LogP contribution in [0.25, 0.3) is 0 Å². The lowest BCUT2D eigenvalue weighted by Crippen LogP contribution is -2.36. The van der Waals surface area contributed by atoms with E-state index in [1.807, 2.05) is 13.8 Å². The van der Waals surface area contributed by atoms with Crippen LogP contribution < -0.4 is 8.61 Å². The fourth-order valence-corrected chi connectivity index (χ4v) is 6.21. The van der Waals surface area contributed by atoms with Crippen LogP contribution in [0.4, 0.5) is 11.5 Å². The van der Waals surface area contributed by atoms with Gasteiger partial charge in [0.05, 0.1) is 15.5 Å². The Kier molecular flexibility index (Phi) is 5.79. The van der Waals surface area contributed by atoms with E-state index in [-0.39, 0.29) is 27.8 Å². The van der Waals surface area contributed by atoms with Crippen LogP contribution >= 0.6 is 0 Å². The maximum Gasteiger partial charge on any atom is 0.269 e. The van der Waals surface area contributed by atoms with E-state index >= 15 is 0 Å². The Hall–Kier alpha value is -3.17. The zero-order chi connectivity index (χ0) is 22.9. The highest BCUT2D eigenvalue weighted by atomic mass is 32.2. The summed E-state index contributed by atoms with van der Waals surface area (Å²) in [5.74, 6) is 0.0275. The number of fused-ring (bicyclic) bond motifs is 1. The first kappa shape index (κ1) is 22.0. The molecule has 2 aromatic carbocycles. The van der Waals surface area contributed by atoms with Crippen molar-refractivity contribution in [2.75, 3.05) is 15.2 Å². The summed E-state index contributed by atoms with van der Waals surface area (Å²) in [4.78, 5) is 4.50. The van der Waals surface area contributed by atoms with Gasteiger partial charge in [0.2, 0.25) is 0 Å². The second kappa shape index (κ2) is 8.40. The summed E-state index contributed by atoms with van der Waals surface area (Å²) in [7, 11) is -7.94. The molecule has 1 aliphatic heterocycles. The van der Waals surface area contributed by atoms with E-state index in [0.717, 1.165) is 15.4 Å². The van der Waals surface area contributed by atoms with Crippen LogP contribution in [-0.4, -0.2) is 28.4 Å². The summed E-state index contributed by atoms with van der Waals surface area (Å²) in [6.45, 7) is 3.91. The topological polar surface area (TPSA) is 87.7 Å². The molecule has 0 atom stereocenters. The molecule has 2 heterocycles. The van der Waals surface area contributed by atoms with E-state index in [2.05, 4.69) is 4.98 Å². The molecule has 0 saturated carbocycles. The van der Waals surface area contributed by atoms with Gasteiger partial charge in [0.25, 0.3) is 20.0 Å². The molecule has 0 radical (unpaired) electrons. The molecule has 32 heavy (non-hydrogen) atoms. The Morgan fingerprint density at radius 1 is 0.781 bits per heavy atom. The summed E-state index contributed by atoms with van der Waals surface area (Å²) in [6.07, 6.45) is 4.86. The maximum absolute atomic E-state index is 13.5. The largest absolute Gasteiger partial charge is 0.269 e. The highest BCUT2D eigenvalue weighted by molar-refractivity contribution is 7.93. The van der Waals surface area contributed by atoms with Crippen molar-refractivity contribution in [2.24, 2.45) is 0 Å². The molecule has 4 rings (SSSR count). The zero-order valence-electron chi connectivity index (χ0n) is 17.7. The standard InChI is InChI=1S/C23H23N3O4S2/c1-18-7-11-20(12-8-18)31(27,28)25-16-3-4-17-26(23-22(25)6-5-15-24-23)32(29,30)21-13-9-19(2)10-14-21/h4-15,17H,3,16H2,1-2H3/b17-4-. The maximum atomic E-state index is 13.5. The highest BCUT2D eigenvalue weighted by Gasteiger charge is 2.33. The fourth-order valence-electron chi connectivity index (χ4n) is 3.41. The number of hydrogen-bond acceptors (Lipinski definition) is 5. The molecule has 1 aliphatic rings. The van der Waals surface area contributed by atoms with Gasteiger partial charge in [0.1, 0.15) is 0 Å². The number of benzene rings is 2. The second-order valence-electron chi connectivity index (χ2n) is 7.52. The van der Waals surface area contributed by atoms with Gasteiger partial charge >= 0.3 is 0 Å². The predicted molar refractivity (Wildman–Crippen MR) is 125 cm³/mol. The Morgan fingerprint density at radius 3 is 1.94 bits per heavy atom. The molecule has 0 unspecified atom stereocenters. The SMILES string of the molecule is Cc1ccc(S(=O)(=O)N2/C=C\CCN(S(=O)(=O)c3ccc(C)cc3)c3cccnc32)cc1. The van der Waals surface area contributed by atoms with Crippen LogP contribution in [0.2, 0.25) is 0 Å². The predicted octanol–water partition coefficient (Wildman–Crippen LogP) is 4.01. The quantitative estimate of drug-likeness (QED) is 0.576. The van der Waals surface area contributed by atoms with E-state index in [0.29, 0.717) is 6.42 Å². The number of aryl methyl sites for hydroxylation is 2. The molecule has 0 saturated heterocycles. The van der Waals surface area contributed by atoms with Crippen molar-refractivity contribution in [3.8, 4) is 0 Å². The summed E-state index contributed by atoms with van der Waals surface area (Å²) in [5.41, 5.74) is 2.08. The normalized spacial score (nSPS) is 15.6. The van der Waals surface area contributed by atoms with Gasteiger partial charge in [-0.3, -0.25) is 4.31 Å². The average molecular weight is 470 g/mol. The smallest absolute Gasteiger partial charge is 0.262 e. The monoisotopic (exact) mass is 469 g/mol. The van der Waals surface area contributed by atoms with Crippen LogP contribution in [0, 0.1) is 13.8 Å². The number of rotatable bonds is 4. The third-order valence-electron chi connectivity index (χ3n) is 5.17. The van der Waals surface area contributed by atoms with Gasteiger partial charge < -0.3 is 0 Å². The minimum Gasteiger partial charge on any atom is -0.262 e. The van der Waals surface area contributed by atoms with Crippen LogP contribution in [-0.2, 0) is 20.0 Å². The first-order valence-corrected chi connectivity index (χ1v) is 12.9. The molecule has 0 N–H and O–H groups in total. The van der Waals surface area contributed by atoms with Crippen molar-refractivity contribution in [3.05, 3.63) is 90.3 Å². The van der Waals surface area contributed by atoms with E-state index in [9.17, 15) is 16.8 Å². The first-order chi connectivity index (χ1) is 15.2. The van der Waals surface area contributed by atoms with Crippen LogP contribution in [0.3, 0.4) is 0 Å². The molecule has 0 amide bonds. The van der Waals surface area contributed by atoms with Gasteiger partial charge in [-0.2, -0.15) is 0 Å². The highest BCUT2D eigenvalue weighted by Crippen LogP contribution is 2.36. The molecule has 9 heteroatoms. The van der Waals surface area contributed by atoms with Crippen molar-refractivity contribution >= 4 is 31.6 Å². The van der Waals surface area contributed by atoms with Crippen molar-refractivity contribution in [2.45, 2.75) is 30.1 Å². The minimum atomic E-state index is -4.01. The third kappa shape index (κ3) is 4.01. The average Bonchev–Trinajstić information content (AvgIpc) is 2.75. The summed E-state index contributed by atoms with van der Waals surface area (Å²) in [5, 5.41) is 0. The first-order valence-electron chi connectivity index (χ1n) is 10.0. The fraction of sp³-hybridized carbons (Fsp3) is 0.174. The Balaban J connectivity index is 1.86. The van der Waals surface area contributed by atoms with Crippen LogP contribution in [0.15, 0.2) is 88.9 Å². The Labute approximate surface area is 188 Å². The number of aromatic nitrogens is 1. The summed E-state index contributed by atoms with van der Waals surface area (Å²) >= 11 is 0. The van der Waals surface area contributed by atoms with Crippen LogP contribution in [0.5, 0.6) is 0 Å². The molecule has 1 aromatic heterocycles. The molecule has 7 nitrogen and oxygen atoms in total. The van der Waals surface area contributed by atoms with Crippen molar-refractivity contribution < 1.29 is 16.8 Å². The molecular formula is C23H23N3O4S2. The van der Waals surface area contributed by atoms with Crippen LogP contribution in [0.1, 0.15) is 17.5 Å². The molecule has 0 bridgehead atoms. The molecular weight excluding hydrogens is 446 g/mol. The Bertz CT molecular complexity index is 1370. The van der Waals surface area contributed by atoms with Gasteiger partial charge in [-0.05, 0) is 56.7 Å². The van der Waals surface area contributed by atoms with Gasteiger partial charge in [0, 0.05) is 18.9 Å². The van der Waals surface area contributed by atoms with E-state index < -0.39 is 20.0 Å². The van der Waals surface area contributed by atoms with Crippen molar-refractivity contribution in [3.63, 3.8) is 0 Å². The lowest BCUT2D eigenvalue weighted by molar-refractivity contribution is 0.588. The van der Waals surface area contributed by atoms with Gasteiger partial charge in [-0.1, -0.05) is 41.5 Å². The lowest BCUT2D eigenvalue weighted by atomic mass is 10.2. The number of nitrogens with zero attached hydrogens (tertiary/aromatic N) is 3. The summed E-state index contributed by atoms with van der Waals surface area (Å²) < 4.78 is 56.2. The van der Waals surface area contributed by atoms with Gasteiger partial charge in [0.15, 0.2) is 5.82 Å². The molecule has 0 fully saturated rings. The number of pyridine rings is 1. The van der Waals surface area contributed by atoms with E-state index in [1.165, 1.54) is 28.8 Å². The van der Waals surface area contributed by atoms with E-state index in [1.54, 1.807) is 54.6 Å². The molecule has 166 valence electrons. The Morgan fingerprint density at radius 2 is 1.34 bits per heavy atom. The van der Waals surface area contributed by atoms with Crippen molar-refractivity contribution in [1.29, 1.82) is 0 Å². The minimum absolute atomic E-state index is 0.0275. The molecule has 0 spiro atoms. The van der Waals surface area contributed by atoms with Gasteiger partial charge in [-0.25, -0.2) is 26.1 Å². The number of sulfonamides is 2. The summed E-state index contributed by atoms with van der Waals surface area (Å²) in [6, 6.07) is 16.2.